The van der Waals surface area contributed by atoms with Crippen molar-refractivity contribution in [2.45, 2.75) is 82.9 Å². The maximum absolute atomic E-state index is 14.1. The summed E-state index contributed by atoms with van der Waals surface area (Å²) >= 11 is 0. The standard InChI is InChI=1S/C19H27F9O2Si2/c1-12-9-13(15(2,17(20,21)22)29-31(3,4)5)11-14(10-12)16(18(23,24)25,19(26,27)28)30-32(6,7)8/h9-11H,1-8H3. The summed E-state index contributed by atoms with van der Waals surface area (Å²) < 4.78 is 137. The zero-order chi connectivity index (χ0) is 25.8. The predicted octanol–water partition coefficient (Wildman–Crippen LogP) is 7.80. The molecule has 1 aromatic rings. The maximum Gasteiger partial charge on any atom is 0.429 e. The van der Waals surface area contributed by atoms with Gasteiger partial charge < -0.3 is 8.85 Å². The van der Waals surface area contributed by atoms with Gasteiger partial charge in [0.15, 0.2) is 22.2 Å². The Morgan fingerprint density at radius 1 is 0.594 bits per heavy atom. The van der Waals surface area contributed by atoms with Gasteiger partial charge in [0.2, 0.25) is 0 Å². The van der Waals surface area contributed by atoms with Crippen molar-refractivity contribution >= 4 is 16.6 Å². The third-order valence-electron chi connectivity index (χ3n) is 4.34. The topological polar surface area (TPSA) is 18.5 Å². The highest BCUT2D eigenvalue weighted by atomic mass is 28.4. The number of halogens is 9. The van der Waals surface area contributed by atoms with Crippen LogP contribution in [-0.2, 0) is 20.1 Å². The number of benzene rings is 1. The zero-order valence-corrected chi connectivity index (χ0v) is 21.0. The van der Waals surface area contributed by atoms with E-state index < -0.39 is 57.5 Å². The first-order valence-electron chi connectivity index (χ1n) is 9.50. The first kappa shape index (κ1) is 29.0. The van der Waals surface area contributed by atoms with Crippen LogP contribution in [0.3, 0.4) is 0 Å². The third-order valence-corrected chi connectivity index (χ3v) is 6.28. The predicted molar refractivity (Wildman–Crippen MR) is 107 cm³/mol. The molecule has 2 nitrogen and oxygen atoms in total. The van der Waals surface area contributed by atoms with E-state index in [1.165, 1.54) is 19.6 Å². The fourth-order valence-corrected chi connectivity index (χ4v) is 6.00. The molecular formula is C19H27F9O2Si2. The molecule has 0 N–H and O–H groups in total. The minimum absolute atomic E-state index is 0.232. The molecule has 0 aliphatic carbocycles. The van der Waals surface area contributed by atoms with E-state index in [2.05, 4.69) is 0 Å². The summed E-state index contributed by atoms with van der Waals surface area (Å²) in [5.74, 6) is 0. The molecule has 0 saturated heterocycles. The monoisotopic (exact) mass is 514 g/mol. The Balaban J connectivity index is 4.07. The van der Waals surface area contributed by atoms with E-state index in [9.17, 15) is 39.5 Å². The molecule has 0 aliphatic heterocycles. The molecule has 0 amide bonds. The summed E-state index contributed by atoms with van der Waals surface area (Å²) in [6.45, 7) is 9.39. The van der Waals surface area contributed by atoms with Crippen LogP contribution < -0.4 is 0 Å². The average Bonchev–Trinajstić information content (AvgIpc) is 2.45. The van der Waals surface area contributed by atoms with Crippen molar-refractivity contribution in [3.05, 3.63) is 34.9 Å². The minimum atomic E-state index is -6.00. The highest BCUT2D eigenvalue weighted by molar-refractivity contribution is 6.70. The van der Waals surface area contributed by atoms with Crippen molar-refractivity contribution in [3.63, 3.8) is 0 Å². The molecule has 32 heavy (non-hydrogen) atoms. The Hall–Kier alpha value is -1.06. The molecular weight excluding hydrogens is 487 g/mol. The van der Waals surface area contributed by atoms with E-state index in [1.54, 1.807) is 0 Å². The van der Waals surface area contributed by atoms with Crippen LogP contribution in [0.25, 0.3) is 0 Å². The summed E-state index contributed by atoms with van der Waals surface area (Å²) in [7, 11) is -6.50. The highest BCUT2D eigenvalue weighted by Gasteiger charge is 2.74. The van der Waals surface area contributed by atoms with E-state index in [0.29, 0.717) is 13.0 Å². The van der Waals surface area contributed by atoms with Gasteiger partial charge in [0, 0.05) is 5.56 Å². The maximum atomic E-state index is 14.1. The number of aryl methyl sites for hydroxylation is 1. The third kappa shape index (κ3) is 5.89. The molecule has 186 valence electrons. The van der Waals surface area contributed by atoms with Gasteiger partial charge in [-0.1, -0.05) is 17.7 Å². The van der Waals surface area contributed by atoms with Crippen LogP contribution in [0.4, 0.5) is 39.5 Å². The van der Waals surface area contributed by atoms with E-state index in [1.807, 2.05) is 0 Å². The van der Waals surface area contributed by atoms with Crippen molar-refractivity contribution in [1.29, 1.82) is 0 Å². The molecule has 0 bridgehead atoms. The van der Waals surface area contributed by atoms with Crippen LogP contribution >= 0.6 is 0 Å². The summed E-state index contributed by atoms with van der Waals surface area (Å²) in [5.41, 5.74) is -10.5. The molecule has 0 spiro atoms. The molecule has 0 aliphatic rings. The summed E-state index contributed by atoms with van der Waals surface area (Å²) in [5, 5.41) is 0. The molecule has 0 heterocycles. The Labute approximate surface area is 183 Å². The van der Waals surface area contributed by atoms with Gasteiger partial charge >= 0.3 is 18.5 Å². The van der Waals surface area contributed by atoms with Gasteiger partial charge in [-0.25, -0.2) is 0 Å². The van der Waals surface area contributed by atoms with Crippen LogP contribution in [0, 0.1) is 6.92 Å². The number of hydrogen-bond acceptors (Lipinski definition) is 2. The van der Waals surface area contributed by atoms with Crippen LogP contribution in [0.2, 0.25) is 39.3 Å². The quantitative estimate of drug-likeness (QED) is 0.285. The molecule has 0 radical (unpaired) electrons. The summed E-state index contributed by atoms with van der Waals surface area (Å²) in [6.07, 6.45) is -17.1. The van der Waals surface area contributed by atoms with Gasteiger partial charge in [0.05, 0.1) is 0 Å². The second-order valence-electron chi connectivity index (χ2n) is 9.72. The average molecular weight is 515 g/mol. The SMILES string of the molecule is Cc1cc(C(C)(O[Si](C)(C)C)C(F)(F)F)cc(C(O[Si](C)(C)C)(C(F)(F)F)C(F)(F)F)c1. The molecule has 1 rings (SSSR count). The van der Waals surface area contributed by atoms with Gasteiger partial charge in [-0.15, -0.1) is 0 Å². The lowest BCUT2D eigenvalue weighted by Crippen LogP contribution is -2.60. The largest absolute Gasteiger partial charge is 0.429 e. The fraction of sp³-hybridized carbons (Fsp3) is 0.684. The van der Waals surface area contributed by atoms with Crippen LogP contribution in [0.5, 0.6) is 0 Å². The first-order valence-corrected chi connectivity index (χ1v) is 16.3. The van der Waals surface area contributed by atoms with Gasteiger partial charge in [-0.05, 0) is 64.8 Å². The molecule has 1 aromatic carbocycles. The van der Waals surface area contributed by atoms with Crippen molar-refractivity contribution in [3.8, 4) is 0 Å². The zero-order valence-electron chi connectivity index (χ0n) is 19.0. The molecule has 0 aromatic heterocycles. The Kier molecular flexibility index (Phi) is 7.52. The van der Waals surface area contributed by atoms with Crippen LogP contribution in [-0.4, -0.2) is 35.2 Å². The summed E-state index contributed by atoms with van der Waals surface area (Å²) in [6, 6.07) is 1.68. The van der Waals surface area contributed by atoms with Crippen molar-refractivity contribution in [2.75, 3.05) is 0 Å². The Morgan fingerprint density at radius 3 is 1.28 bits per heavy atom. The Bertz CT molecular complexity index is 805. The molecule has 13 heteroatoms. The fourth-order valence-electron chi connectivity index (χ4n) is 3.28. The molecule has 1 atom stereocenters. The second kappa shape index (κ2) is 8.31. The van der Waals surface area contributed by atoms with Gasteiger partial charge in [0.25, 0.3) is 5.60 Å². The lowest BCUT2D eigenvalue weighted by Gasteiger charge is -2.43. The number of alkyl halides is 9. The van der Waals surface area contributed by atoms with Crippen molar-refractivity contribution < 1.29 is 48.4 Å². The van der Waals surface area contributed by atoms with Crippen molar-refractivity contribution in [2.24, 2.45) is 0 Å². The highest BCUT2D eigenvalue weighted by Crippen LogP contribution is 2.55. The van der Waals surface area contributed by atoms with Gasteiger partial charge in [0.1, 0.15) is 0 Å². The molecule has 0 fully saturated rings. The lowest BCUT2D eigenvalue weighted by atomic mass is 9.85. The smallest absolute Gasteiger partial charge is 0.401 e. The number of rotatable bonds is 6. The van der Waals surface area contributed by atoms with E-state index in [4.69, 9.17) is 8.85 Å². The lowest BCUT2D eigenvalue weighted by molar-refractivity contribution is -0.368. The van der Waals surface area contributed by atoms with E-state index in [-0.39, 0.29) is 11.6 Å². The van der Waals surface area contributed by atoms with Crippen molar-refractivity contribution in [1.82, 2.24) is 0 Å². The second-order valence-corrected chi connectivity index (χ2v) is 18.6. The van der Waals surface area contributed by atoms with E-state index in [0.717, 1.165) is 32.6 Å². The van der Waals surface area contributed by atoms with E-state index >= 15 is 0 Å². The van der Waals surface area contributed by atoms with Crippen LogP contribution in [0.15, 0.2) is 18.2 Å². The number of hydrogen-bond donors (Lipinski definition) is 0. The normalized spacial score (nSPS) is 16.8. The summed E-state index contributed by atoms with van der Waals surface area (Å²) in [4.78, 5) is 0. The molecule has 1 unspecified atom stereocenters. The first-order chi connectivity index (χ1) is 13.8. The minimum Gasteiger partial charge on any atom is -0.401 e. The van der Waals surface area contributed by atoms with Gasteiger partial charge in [-0.3, -0.25) is 0 Å². The Morgan fingerprint density at radius 2 is 0.969 bits per heavy atom. The van der Waals surface area contributed by atoms with Gasteiger partial charge in [-0.2, -0.15) is 39.5 Å². The van der Waals surface area contributed by atoms with Crippen LogP contribution in [0.1, 0.15) is 23.6 Å². The molecule has 0 saturated carbocycles.